The highest BCUT2D eigenvalue weighted by molar-refractivity contribution is 7.11. The summed E-state index contributed by atoms with van der Waals surface area (Å²) in [6.07, 6.45) is 1.48. The van der Waals surface area contributed by atoms with E-state index in [0.29, 0.717) is 16.0 Å². The van der Waals surface area contributed by atoms with E-state index in [4.69, 9.17) is 0 Å². The number of hydrogen-bond donors (Lipinski definition) is 1. The van der Waals surface area contributed by atoms with E-state index < -0.39 is 5.97 Å². The van der Waals surface area contributed by atoms with E-state index in [-0.39, 0.29) is 11.4 Å². The van der Waals surface area contributed by atoms with Crippen molar-refractivity contribution in [2.75, 3.05) is 0 Å². The van der Waals surface area contributed by atoms with Gasteiger partial charge in [0.15, 0.2) is 0 Å². The van der Waals surface area contributed by atoms with Gasteiger partial charge in [-0.05, 0) is 41.6 Å². The van der Waals surface area contributed by atoms with Crippen LogP contribution in [0.3, 0.4) is 0 Å². The zero-order valence-electron chi connectivity index (χ0n) is 9.68. The van der Waals surface area contributed by atoms with Gasteiger partial charge in [-0.15, -0.1) is 11.3 Å². The fraction of sp³-hybridized carbons (Fsp3) is 0.0714. The lowest BCUT2D eigenvalue weighted by Gasteiger charge is -2.01. The molecule has 18 heavy (non-hydrogen) atoms. The number of halogens is 1. The third kappa shape index (κ3) is 2.65. The molecule has 0 aliphatic rings. The third-order valence-electron chi connectivity index (χ3n) is 2.52. The van der Waals surface area contributed by atoms with Crippen LogP contribution in [-0.2, 0) is 4.79 Å². The van der Waals surface area contributed by atoms with Crippen LogP contribution in [0.1, 0.15) is 16.0 Å². The summed E-state index contributed by atoms with van der Waals surface area (Å²) in [6, 6.07) is 8.19. The van der Waals surface area contributed by atoms with Gasteiger partial charge in [0.25, 0.3) is 0 Å². The van der Waals surface area contributed by atoms with Gasteiger partial charge in [0, 0.05) is 4.88 Å². The number of carboxylic acid groups (broad SMARTS) is 1. The first-order valence-electron chi connectivity index (χ1n) is 5.33. The van der Waals surface area contributed by atoms with Gasteiger partial charge < -0.3 is 5.11 Å². The second kappa shape index (κ2) is 5.14. The Balaban J connectivity index is 2.45. The Hall–Kier alpha value is -1.94. The summed E-state index contributed by atoms with van der Waals surface area (Å²) in [4.78, 5) is 11.9. The summed E-state index contributed by atoms with van der Waals surface area (Å²) >= 11 is 1.34. The van der Waals surface area contributed by atoms with Crippen molar-refractivity contribution in [3.8, 4) is 0 Å². The van der Waals surface area contributed by atoms with Crippen LogP contribution in [0.25, 0.3) is 11.6 Å². The molecule has 92 valence electrons. The number of carboxylic acids is 1. The van der Waals surface area contributed by atoms with Crippen molar-refractivity contribution < 1.29 is 14.3 Å². The summed E-state index contributed by atoms with van der Waals surface area (Å²) in [5, 5.41) is 11.0. The molecule has 1 aromatic carbocycles. The molecule has 4 heteroatoms. The Morgan fingerprint density at radius 1 is 1.39 bits per heavy atom. The van der Waals surface area contributed by atoms with Gasteiger partial charge in [-0.3, -0.25) is 0 Å². The first-order chi connectivity index (χ1) is 8.58. The second-order valence-corrected chi connectivity index (χ2v) is 4.80. The molecule has 1 N–H and O–H groups in total. The first-order valence-corrected chi connectivity index (χ1v) is 6.21. The van der Waals surface area contributed by atoms with Crippen molar-refractivity contribution in [3.05, 3.63) is 57.5 Å². The summed E-state index contributed by atoms with van der Waals surface area (Å²) < 4.78 is 13.4. The standard InChI is InChI=1S/C14H11FO2S/c1-9-4-5-10(8-12(9)15)7-11(14(16)17)13-3-2-6-18-13/h2-8H,1H3,(H,16,17). The highest BCUT2D eigenvalue weighted by Crippen LogP contribution is 2.23. The van der Waals surface area contributed by atoms with Gasteiger partial charge in [0.1, 0.15) is 5.82 Å². The van der Waals surface area contributed by atoms with Crippen LogP contribution >= 0.6 is 11.3 Å². The predicted octanol–water partition coefficient (Wildman–Crippen LogP) is 3.82. The maximum atomic E-state index is 13.4. The molecule has 0 aliphatic carbocycles. The molecule has 0 saturated carbocycles. The minimum Gasteiger partial charge on any atom is -0.478 e. The topological polar surface area (TPSA) is 37.3 Å². The van der Waals surface area contributed by atoms with E-state index in [0.717, 1.165) is 0 Å². The zero-order chi connectivity index (χ0) is 13.1. The molecule has 2 nitrogen and oxygen atoms in total. The van der Waals surface area contributed by atoms with Gasteiger partial charge in [0.05, 0.1) is 5.57 Å². The summed E-state index contributed by atoms with van der Waals surface area (Å²) in [5.74, 6) is -1.35. The summed E-state index contributed by atoms with van der Waals surface area (Å²) in [5.41, 5.74) is 1.26. The molecule has 0 aliphatic heterocycles. The lowest BCUT2D eigenvalue weighted by molar-refractivity contribution is -0.130. The molecule has 0 radical (unpaired) electrons. The minimum atomic E-state index is -1.02. The molecule has 1 heterocycles. The molecule has 0 spiro atoms. The van der Waals surface area contributed by atoms with Crippen molar-refractivity contribution in [2.24, 2.45) is 0 Å². The summed E-state index contributed by atoms with van der Waals surface area (Å²) in [6.45, 7) is 1.67. The largest absolute Gasteiger partial charge is 0.478 e. The van der Waals surface area contributed by atoms with Crippen molar-refractivity contribution >= 4 is 29.0 Å². The van der Waals surface area contributed by atoms with Crippen molar-refractivity contribution in [1.29, 1.82) is 0 Å². The molecule has 0 fully saturated rings. The van der Waals surface area contributed by atoms with Crippen LogP contribution in [0, 0.1) is 12.7 Å². The number of thiophene rings is 1. The molecule has 2 rings (SSSR count). The zero-order valence-corrected chi connectivity index (χ0v) is 10.5. The molecule has 1 aromatic heterocycles. The van der Waals surface area contributed by atoms with E-state index in [1.807, 2.05) is 5.38 Å². The fourth-order valence-corrected chi connectivity index (χ4v) is 2.27. The number of aliphatic carboxylic acids is 1. The maximum Gasteiger partial charge on any atom is 0.337 e. The van der Waals surface area contributed by atoms with Crippen LogP contribution in [0.15, 0.2) is 35.7 Å². The maximum absolute atomic E-state index is 13.4. The number of aryl methyl sites for hydroxylation is 1. The van der Waals surface area contributed by atoms with Gasteiger partial charge in [0.2, 0.25) is 0 Å². The van der Waals surface area contributed by atoms with E-state index >= 15 is 0 Å². The molecule has 2 aromatic rings. The molecular formula is C14H11FO2S. The SMILES string of the molecule is Cc1ccc(C=C(C(=O)O)c2cccs2)cc1F. The molecule has 0 amide bonds. The third-order valence-corrected chi connectivity index (χ3v) is 3.43. The van der Waals surface area contributed by atoms with Gasteiger partial charge in [-0.1, -0.05) is 18.2 Å². The Morgan fingerprint density at radius 3 is 2.72 bits per heavy atom. The number of rotatable bonds is 3. The molecule has 0 saturated heterocycles. The van der Waals surface area contributed by atoms with E-state index in [1.54, 1.807) is 31.2 Å². The van der Waals surface area contributed by atoms with Crippen LogP contribution in [0.4, 0.5) is 4.39 Å². The van der Waals surface area contributed by atoms with Gasteiger partial charge >= 0.3 is 5.97 Å². The average molecular weight is 262 g/mol. The smallest absolute Gasteiger partial charge is 0.337 e. The van der Waals surface area contributed by atoms with Crippen molar-refractivity contribution in [2.45, 2.75) is 6.92 Å². The Labute approximate surface area is 108 Å². The number of hydrogen-bond acceptors (Lipinski definition) is 2. The highest BCUT2D eigenvalue weighted by Gasteiger charge is 2.11. The Bertz CT molecular complexity index is 600. The second-order valence-electron chi connectivity index (χ2n) is 3.85. The van der Waals surface area contributed by atoms with Crippen molar-refractivity contribution in [3.63, 3.8) is 0 Å². The fourth-order valence-electron chi connectivity index (χ4n) is 1.54. The number of benzene rings is 1. The van der Waals surface area contributed by atoms with Crippen molar-refractivity contribution in [1.82, 2.24) is 0 Å². The minimum absolute atomic E-state index is 0.174. The van der Waals surface area contributed by atoms with Crippen LogP contribution in [0.2, 0.25) is 0 Å². The monoisotopic (exact) mass is 262 g/mol. The molecular weight excluding hydrogens is 251 g/mol. The molecule has 0 unspecified atom stereocenters. The quantitative estimate of drug-likeness (QED) is 0.854. The lowest BCUT2D eigenvalue weighted by atomic mass is 10.1. The van der Waals surface area contributed by atoms with Gasteiger partial charge in [-0.25, -0.2) is 9.18 Å². The van der Waals surface area contributed by atoms with E-state index in [1.165, 1.54) is 23.5 Å². The molecule has 0 atom stereocenters. The Morgan fingerprint density at radius 2 is 2.17 bits per heavy atom. The van der Waals surface area contributed by atoms with Crippen LogP contribution < -0.4 is 0 Å². The van der Waals surface area contributed by atoms with Crippen LogP contribution in [0.5, 0.6) is 0 Å². The normalized spacial score (nSPS) is 11.6. The van der Waals surface area contributed by atoms with E-state index in [2.05, 4.69) is 0 Å². The van der Waals surface area contributed by atoms with E-state index in [9.17, 15) is 14.3 Å². The Kier molecular flexibility index (Phi) is 3.58. The predicted molar refractivity (Wildman–Crippen MR) is 71.0 cm³/mol. The van der Waals surface area contributed by atoms with Crippen LogP contribution in [-0.4, -0.2) is 11.1 Å². The van der Waals surface area contributed by atoms with Gasteiger partial charge in [-0.2, -0.15) is 0 Å². The highest BCUT2D eigenvalue weighted by atomic mass is 32.1. The lowest BCUT2D eigenvalue weighted by Crippen LogP contribution is -1.97. The first kappa shape index (κ1) is 12.5. The summed E-state index contributed by atoms with van der Waals surface area (Å²) in [7, 11) is 0. The average Bonchev–Trinajstić information content (AvgIpc) is 2.83. The molecule has 0 bridgehead atoms. The number of carbonyl (C=O) groups is 1.